The van der Waals surface area contributed by atoms with Gasteiger partial charge in [0.2, 0.25) is 12.6 Å². The Labute approximate surface area is 58.9 Å². The second-order valence-corrected chi connectivity index (χ2v) is 1.50. The molecule has 5 nitrogen and oxygen atoms in total. The topological polar surface area (TPSA) is 68.8 Å². The molecule has 0 aromatic carbocycles. The fourth-order valence-electron chi connectivity index (χ4n) is 0.278. The van der Waals surface area contributed by atoms with Gasteiger partial charge in [-0.1, -0.05) is 12.1 Å². The van der Waals surface area contributed by atoms with Gasteiger partial charge in [0.15, 0.2) is 0 Å². The Balaban J connectivity index is 3.64. The smallest absolute Gasteiger partial charge is 0.245 e. The highest BCUT2D eigenvalue weighted by molar-refractivity contribution is 5.48. The van der Waals surface area contributed by atoms with Crippen LogP contribution in [0.25, 0.3) is 0 Å². The first-order valence-corrected chi connectivity index (χ1v) is 2.86. The van der Waals surface area contributed by atoms with Crippen LogP contribution in [0.3, 0.4) is 0 Å². The number of carbonyl (C=O) groups excluding carboxylic acids is 1. The zero-order chi connectivity index (χ0) is 7.82. The summed E-state index contributed by atoms with van der Waals surface area (Å²) in [6, 6.07) is 0. The lowest BCUT2D eigenvalue weighted by atomic mass is 10.5. The van der Waals surface area contributed by atoms with Crippen LogP contribution in [0.2, 0.25) is 0 Å². The molecule has 5 heteroatoms. The van der Waals surface area contributed by atoms with Gasteiger partial charge in [-0.15, -0.1) is 5.01 Å². The van der Waals surface area contributed by atoms with Crippen LogP contribution in [0.4, 0.5) is 0 Å². The van der Waals surface area contributed by atoms with Crippen molar-refractivity contribution >= 4 is 6.41 Å². The maximum atomic E-state index is 9.88. The Hall–Kier alpha value is -1.44. The molecule has 0 aliphatic heterocycles. The molecule has 0 heterocycles. The Kier molecular flexibility index (Phi) is 4.87. The molecule has 0 bridgehead atoms. The van der Waals surface area contributed by atoms with Crippen LogP contribution in [-0.4, -0.2) is 18.0 Å². The van der Waals surface area contributed by atoms with Gasteiger partial charge >= 0.3 is 0 Å². The van der Waals surface area contributed by atoms with E-state index < -0.39 is 0 Å². The Bertz CT molecular complexity index is 160. The molecule has 0 rings (SSSR count). The highest BCUT2D eigenvalue weighted by Crippen LogP contribution is 1.84. The SMILES string of the molecule is CCC/N=N/N(C#N)C=O. The van der Waals surface area contributed by atoms with Crippen molar-refractivity contribution in [1.82, 2.24) is 5.01 Å². The summed E-state index contributed by atoms with van der Waals surface area (Å²) < 4.78 is 0. The van der Waals surface area contributed by atoms with E-state index in [4.69, 9.17) is 5.26 Å². The van der Waals surface area contributed by atoms with E-state index in [-0.39, 0.29) is 0 Å². The van der Waals surface area contributed by atoms with E-state index in [2.05, 4.69) is 10.3 Å². The Morgan fingerprint density at radius 1 is 1.80 bits per heavy atom. The van der Waals surface area contributed by atoms with Crippen LogP contribution >= 0.6 is 0 Å². The minimum atomic E-state index is 0.305. The van der Waals surface area contributed by atoms with Crippen LogP contribution in [0.1, 0.15) is 13.3 Å². The third kappa shape index (κ3) is 3.55. The Morgan fingerprint density at radius 2 is 2.50 bits per heavy atom. The van der Waals surface area contributed by atoms with Gasteiger partial charge in [-0.05, 0) is 6.42 Å². The number of carbonyl (C=O) groups is 1. The highest BCUT2D eigenvalue weighted by atomic mass is 16.1. The molecule has 0 N–H and O–H groups in total. The summed E-state index contributed by atoms with van der Waals surface area (Å²) in [5, 5.41) is 15.5. The lowest BCUT2D eigenvalue weighted by molar-refractivity contribution is -0.115. The monoisotopic (exact) mass is 140 g/mol. The predicted octanol–water partition coefficient (Wildman–Crippen LogP) is 0.703. The fraction of sp³-hybridized carbons (Fsp3) is 0.600. The van der Waals surface area contributed by atoms with Crippen molar-refractivity contribution in [1.29, 1.82) is 5.26 Å². The summed E-state index contributed by atoms with van der Waals surface area (Å²) in [4.78, 5) is 9.88. The van der Waals surface area contributed by atoms with Gasteiger partial charge in [0, 0.05) is 0 Å². The lowest BCUT2D eigenvalue weighted by Crippen LogP contribution is -2.04. The van der Waals surface area contributed by atoms with Gasteiger partial charge in [-0.3, -0.25) is 4.79 Å². The summed E-state index contributed by atoms with van der Waals surface area (Å²) in [5.74, 6) is 0. The first kappa shape index (κ1) is 8.56. The van der Waals surface area contributed by atoms with E-state index in [1.807, 2.05) is 6.92 Å². The molecule has 0 aromatic heterocycles. The third-order valence-corrected chi connectivity index (χ3v) is 0.686. The first-order valence-electron chi connectivity index (χ1n) is 2.86. The summed E-state index contributed by atoms with van der Waals surface area (Å²) >= 11 is 0. The second-order valence-electron chi connectivity index (χ2n) is 1.50. The number of rotatable bonds is 4. The molecular formula is C5H8N4O. The first-order chi connectivity index (χ1) is 4.85. The average Bonchev–Trinajstić information content (AvgIpc) is 1.99. The summed E-state index contributed by atoms with van der Waals surface area (Å²) in [5.41, 5.74) is 0. The van der Waals surface area contributed by atoms with Crippen LogP contribution in [0.5, 0.6) is 0 Å². The summed E-state index contributed by atoms with van der Waals surface area (Å²) in [6.45, 7) is 2.46. The van der Waals surface area contributed by atoms with Crippen LogP contribution in [0.15, 0.2) is 10.3 Å². The van der Waals surface area contributed by atoms with Crippen LogP contribution < -0.4 is 0 Å². The van der Waals surface area contributed by atoms with E-state index in [0.29, 0.717) is 18.0 Å². The maximum absolute atomic E-state index is 9.88. The van der Waals surface area contributed by atoms with Gasteiger partial charge < -0.3 is 0 Å². The van der Waals surface area contributed by atoms with E-state index in [1.165, 1.54) is 6.19 Å². The molecule has 0 saturated carbocycles. The fourth-order valence-corrected chi connectivity index (χ4v) is 0.278. The summed E-state index contributed by atoms with van der Waals surface area (Å²) in [7, 11) is 0. The number of nitrogens with zero attached hydrogens (tertiary/aromatic N) is 4. The highest BCUT2D eigenvalue weighted by Gasteiger charge is 1.90. The molecule has 10 heavy (non-hydrogen) atoms. The number of nitriles is 1. The molecule has 0 unspecified atom stereocenters. The van der Waals surface area contributed by atoms with Crippen molar-refractivity contribution in [3.63, 3.8) is 0 Å². The number of amides is 1. The maximum Gasteiger partial charge on any atom is 0.245 e. The van der Waals surface area contributed by atoms with Gasteiger partial charge in [0.1, 0.15) is 0 Å². The van der Waals surface area contributed by atoms with E-state index >= 15 is 0 Å². The number of hydrogen-bond acceptors (Lipinski definition) is 4. The van der Waals surface area contributed by atoms with E-state index in [9.17, 15) is 4.79 Å². The second kappa shape index (κ2) is 5.69. The van der Waals surface area contributed by atoms with E-state index in [0.717, 1.165) is 6.42 Å². The van der Waals surface area contributed by atoms with Crippen molar-refractivity contribution in [3.8, 4) is 6.19 Å². The molecule has 0 aliphatic rings. The molecular weight excluding hydrogens is 132 g/mol. The standard InChI is InChI=1S/C5H8N4O/c1-2-3-7-8-9(4-6)5-10/h5H,2-3H2,1H3/b8-7+. The minimum Gasteiger partial charge on any atom is -0.276 e. The van der Waals surface area contributed by atoms with Crippen LogP contribution in [-0.2, 0) is 4.79 Å². The predicted molar refractivity (Wildman–Crippen MR) is 33.5 cm³/mol. The lowest BCUT2D eigenvalue weighted by Gasteiger charge is -1.92. The Morgan fingerprint density at radius 3 is 2.90 bits per heavy atom. The average molecular weight is 140 g/mol. The third-order valence-electron chi connectivity index (χ3n) is 0.686. The van der Waals surface area contributed by atoms with Crippen molar-refractivity contribution in [2.75, 3.05) is 6.54 Å². The van der Waals surface area contributed by atoms with Crippen molar-refractivity contribution in [3.05, 3.63) is 0 Å². The molecule has 0 saturated heterocycles. The normalized spacial score (nSPS) is 9.20. The van der Waals surface area contributed by atoms with Crippen molar-refractivity contribution < 1.29 is 4.79 Å². The largest absolute Gasteiger partial charge is 0.276 e. The van der Waals surface area contributed by atoms with Gasteiger partial charge in [-0.25, -0.2) is 0 Å². The molecule has 0 atom stereocenters. The quantitative estimate of drug-likeness (QED) is 0.189. The molecule has 0 fully saturated rings. The molecule has 0 spiro atoms. The van der Waals surface area contributed by atoms with Crippen molar-refractivity contribution in [2.24, 2.45) is 10.3 Å². The van der Waals surface area contributed by atoms with Crippen LogP contribution in [0, 0.1) is 11.5 Å². The molecule has 0 aliphatic carbocycles. The van der Waals surface area contributed by atoms with E-state index in [1.54, 1.807) is 0 Å². The van der Waals surface area contributed by atoms with Crippen molar-refractivity contribution in [2.45, 2.75) is 13.3 Å². The summed E-state index contributed by atoms with van der Waals surface area (Å²) in [6.07, 6.45) is 2.67. The molecule has 0 radical (unpaired) electrons. The van der Waals surface area contributed by atoms with Gasteiger partial charge in [-0.2, -0.15) is 10.4 Å². The zero-order valence-electron chi connectivity index (χ0n) is 5.69. The van der Waals surface area contributed by atoms with Gasteiger partial charge in [0.05, 0.1) is 6.54 Å². The molecule has 0 aromatic rings. The number of hydrogen-bond donors (Lipinski definition) is 0. The van der Waals surface area contributed by atoms with Gasteiger partial charge in [0.25, 0.3) is 0 Å². The molecule has 1 amide bonds. The zero-order valence-corrected chi connectivity index (χ0v) is 5.69. The molecule has 54 valence electrons. The minimum absolute atomic E-state index is 0.305.